The molecular weight excluding hydrogens is 302 g/mol. The van der Waals surface area contributed by atoms with Crippen LogP contribution in [-0.4, -0.2) is 46.0 Å². The molecule has 1 amide bonds. The Labute approximate surface area is 136 Å². The van der Waals surface area contributed by atoms with Crippen LogP contribution in [0.5, 0.6) is 0 Å². The molecule has 0 saturated carbocycles. The lowest BCUT2D eigenvalue weighted by Gasteiger charge is -2.35. The average Bonchev–Trinajstić information content (AvgIpc) is 2.97. The highest BCUT2D eigenvalue weighted by molar-refractivity contribution is 5.82. The molecule has 5 nitrogen and oxygen atoms in total. The average molecular weight is 328 g/mol. The predicted molar refractivity (Wildman–Crippen MR) is 84.2 cm³/mol. The van der Waals surface area contributed by atoms with E-state index in [4.69, 9.17) is 0 Å². The van der Waals surface area contributed by atoms with Crippen LogP contribution < -0.4 is 5.32 Å². The topological polar surface area (TPSA) is 50.2 Å². The number of carbonyl (C=O) groups is 1. The van der Waals surface area contributed by atoms with Crippen molar-refractivity contribution in [3.63, 3.8) is 0 Å². The first-order chi connectivity index (χ1) is 11.0. The fourth-order valence-electron chi connectivity index (χ4n) is 3.20. The van der Waals surface area contributed by atoms with Crippen LogP contribution in [0.2, 0.25) is 0 Å². The van der Waals surface area contributed by atoms with Crippen LogP contribution in [0.4, 0.5) is 8.78 Å². The summed E-state index contributed by atoms with van der Waals surface area (Å²) >= 11 is 0. The molecule has 130 valence electrons. The van der Waals surface area contributed by atoms with Gasteiger partial charge in [0, 0.05) is 25.4 Å². The largest absolute Gasteiger partial charge is 0.354 e. The molecule has 0 bridgehead atoms. The second-order valence-electron chi connectivity index (χ2n) is 6.35. The summed E-state index contributed by atoms with van der Waals surface area (Å²) in [5.74, 6) is 0.493. The van der Waals surface area contributed by atoms with Crippen LogP contribution in [-0.2, 0) is 11.2 Å². The summed E-state index contributed by atoms with van der Waals surface area (Å²) in [5, 5.41) is 2.89. The van der Waals surface area contributed by atoms with E-state index in [2.05, 4.69) is 15.2 Å². The van der Waals surface area contributed by atoms with Crippen molar-refractivity contribution in [3.8, 4) is 0 Å². The highest BCUT2D eigenvalue weighted by Crippen LogP contribution is 2.18. The Balaban J connectivity index is 1.87. The van der Waals surface area contributed by atoms with Crippen molar-refractivity contribution in [2.75, 3.05) is 19.6 Å². The van der Waals surface area contributed by atoms with Crippen LogP contribution >= 0.6 is 0 Å². The van der Waals surface area contributed by atoms with Gasteiger partial charge in [-0.1, -0.05) is 20.3 Å². The predicted octanol–water partition coefficient (Wildman–Crippen LogP) is 2.45. The third-order valence-corrected chi connectivity index (χ3v) is 4.29. The molecule has 1 aromatic heterocycles. The monoisotopic (exact) mass is 328 g/mol. The maximum atomic E-state index is 12.8. The highest BCUT2D eigenvalue weighted by Gasteiger charge is 2.29. The molecule has 0 aliphatic carbocycles. The molecule has 1 N–H and O–H groups in total. The quantitative estimate of drug-likeness (QED) is 0.836. The number of amides is 1. The van der Waals surface area contributed by atoms with Gasteiger partial charge in [0.25, 0.3) is 0 Å². The second-order valence-corrected chi connectivity index (χ2v) is 6.35. The number of aromatic nitrogens is 2. The van der Waals surface area contributed by atoms with E-state index >= 15 is 0 Å². The van der Waals surface area contributed by atoms with Gasteiger partial charge < -0.3 is 5.32 Å². The van der Waals surface area contributed by atoms with Gasteiger partial charge in [0.05, 0.1) is 6.04 Å². The van der Waals surface area contributed by atoms with Crippen LogP contribution in [0, 0.1) is 5.92 Å². The molecule has 1 aliphatic heterocycles. The fourth-order valence-corrected chi connectivity index (χ4v) is 3.20. The van der Waals surface area contributed by atoms with Gasteiger partial charge in [-0.05, 0) is 31.8 Å². The van der Waals surface area contributed by atoms with Gasteiger partial charge in [-0.15, -0.1) is 0 Å². The van der Waals surface area contributed by atoms with Gasteiger partial charge >= 0.3 is 6.55 Å². The lowest BCUT2D eigenvalue weighted by Crippen LogP contribution is -2.51. The molecule has 1 fully saturated rings. The minimum atomic E-state index is -2.60. The Morgan fingerprint density at radius 1 is 1.30 bits per heavy atom. The van der Waals surface area contributed by atoms with Crippen molar-refractivity contribution in [2.24, 2.45) is 5.92 Å². The molecule has 1 saturated heterocycles. The van der Waals surface area contributed by atoms with Crippen LogP contribution in [0.1, 0.15) is 45.5 Å². The zero-order valence-electron chi connectivity index (χ0n) is 13.8. The maximum absolute atomic E-state index is 12.8. The van der Waals surface area contributed by atoms with E-state index in [0.717, 1.165) is 30.5 Å². The summed E-state index contributed by atoms with van der Waals surface area (Å²) in [6.07, 6.45) is 6.39. The van der Waals surface area contributed by atoms with E-state index < -0.39 is 6.55 Å². The number of hydrogen-bond acceptors (Lipinski definition) is 3. The number of nitrogens with zero attached hydrogens (tertiary/aromatic N) is 3. The first-order valence-corrected chi connectivity index (χ1v) is 8.32. The standard InChI is InChI=1S/C16H26F2N4O/c1-12(2)14(21-9-4-3-5-10-21)15(23)20-7-6-13-19-8-11-22(13)16(17)18/h8,11-12,14,16H,3-7,9-10H2,1-2H3,(H,20,23)/t14-/m0/s1. The van der Waals surface area contributed by atoms with Gasteiger partial charge in [0.2, 0.25) is 5.91 Å². The Morgan fingerprint density at radius 3 is 2.61 bits per heavy atom. The minimum absolute atomic E-state index is 0.0166. The van der Waals surface area contributed by atoms with Gasteiger partial charge in [-0.2, -0.15) is 8.78 Å². The molecule has 0 radical (unpaired) electrons. The third-order valence-electron chi connectivity index (χ3n) is 4.29. The lowest BCUT2D eigenvalue weighted by atomic mass is 9.98. The van der Waals surface area contributed by atoms with Crippen molar-refractivity contribution >= 4 is 5.91 Å². The van der Waals surface area contributed by atoms with Crippen molar-refractivity contribution in [2.45, 2.75) is 52.1 Å². The zero-order valence-corrected chi connectivity index (χ0v) is 13.8. The minimum Gasteiger partial charge on any atom is -0.354 e. The van der Waals surface area contributed by atoms with E-state index in [-0.39, 0.29) is 17.9 Å². The molecule has 1 aliphatic rings. The van der Waals surface area contributed by atoms with E-state index in [1.807, 2.05) is 13.8 Å². The summed E-state index contributed by atoms with van der Waals surface area (Å²) in [7, 11) is 0. The van der Waals surface area contributed by atoms with Gasteiger partial charge in [-0.25, -0.2) is 4.98 Å². The number of hydrogen-bond donors (Lipinski definition) is 1. The second kappa shape index (κ2) is 8.38. The third kappa shape index (κ3) is 4.73. The smallest absolute Gasteiger partial charge is 0.319 e. The first kappa shape index (κ1) is 17.8. The number of carbonyl (C=O) groups excluding carboxylic acids is 1. The van der Waals surface area contributed by atoms with E-state index in [1.54, 1.807) is 0 Å². The Bertz CT molecular complexity index is 498. The molecule has 2 rings (SSSR count). The summed E-state index contributed by atoms with van der Waals surface area (Å²) in [4.78, 5) is 18.7. The molecular formula is C16H26F2N4O. The normalized spacial score (nSPS) is 17.7. The molecule has 23 heavy (non-hydrogen) atoms. The van der Waals surface area contributed by atoms with Gasteiger partial charge in [-0.3, -0.25) is 14.3 Å². The van der Waals surface area contributed by atoms with Crippen LogP contribution in [0.25, 0.3) is 0 Å². The summed E-state index contributed by atoms with van der Waals surface area (Å²) < 4.78 is 26.3. The summed E-state index contributed by atoms with van der Waals surface area (Å²) in [5.41, 5.74) is 0. The summed E-state index contributed by atoms with van der Waals surface area (Å²) in [6, 6.07) is -0.148. The maximum Gasteiger partial charge on any atom is 0.319 e. The first-order valence-electron chi connectivity index (χ1n) is 8.32. The number of rotatable bonds is 7. The zero-order chi connectivity index (χ0) is 16.8. The number of imidazole rings is 1. The number of likely N-dealkylation sites (tertiary alicyclic amines) is 1. The number of piperidine rings is 1. The molecule has 1 atom stereocenters. The van der Waals surface area contributed by atoms with E-state index in [1.165, 1.54) is 18.8 Å². The Kier molecular flexibility index (Phi) is 6.50. The Hall–Kier alpha value is -1.50. The summed E-state index contributed by atoms with van der Waals surface area (Å²) in [6.45, 7) is 3.71. The number of alkyl halides is 2. The molecule has 2 heterocycles. The van der Waals surface area contributed by atoms with Gasteiger partial charge in [0.15, 0.2) is 0 Å². The number of nitrogens with one attached hydrogen (secondary N) is 1. The van der Waals surface area contributed by atoms with Crippen molar-refractivity contribution in [3.05, 3.63) is 18.2 Å². The lowest BCUT2D eigenvalue weighted by molar-refractivity contribution is -0.128. The van der Waals surface area contributed by atoms with Crippen LogP contribution in [0.15, 0.2) is 12.4 Å². The van der Waals surface area contributed by atoms with E-state index in [0.29, 0.717) is 18.8 Å². The number of halogens is 2. The molecule has 0 unspecified atom stereocenters. The van der Waals surface area contributed by atoms with Crippen molar-refractivity contribution in [1.29, 1.82) is 0 Å². The fraction of sp³-hybridized carbons (Fsp3) is 0.750. The van der Waals surface area contributed by atoms with Crippen molar-refractivity contribution < 1.29 is 13.6 Å². The molecule has 0 aromatic carbocycles. The molecule has 7 heteroatoms. The Morgan fingerprint density at radius 2 is 2.00 bits per heavy atom. The van der Waals surface area contributed by atoms with E-state index in [9.17, 15) is 13.6 Å². The SMILES string of the molecule is CC(C)[C@@H](C(=O)NCCc1nccn1C(F)F)N1CCCCC1. The van der Waals surface area contributed by atoms with Gasteiger partial charge in [0.1, 0.15) is 5.82 Å². The highest BCUT2D eigenvalue weighted by atomic mass is 19.3. The molecule has 0 spiro atoms. The van der Waals surface area contributed by atoms with Crippen LogP contribution in [0.3, 0.4) is 0 Å². The molecule has 1 aromatic rings. The van der Waals surface area contributed by atoms with Crippen molar-refractivity contribution in [1.82, 2.24) is 19.8 Å².